The molecule has 0 saturated heterocycles. The summed E-state index contributed by atoms with van der Waals surface area (Å²) >= 11 is 0. The normalized spacial score (nSPS) is 14.1. The van der Waals surface area contributed by atoms with Gasteiger partial charge in [-0.1, -0.05) is 56.3 Å². The monoisotopic (exact) mass is 401 g/mol. The van der Waals surface area contributed by atoms with Crippen molar-refractivity contribution in [3.05, 3.63) is 65.7 Å². The summed E-state index contributed by atoms with van der Waals surface area (Å²) in [6.07, 6.45) is 0. The second-order valence-corrected chi connectivity index (χ2v) is 7.19. The van der Waals surface area contributed by atoms with Crippen molar-refractivity contribution in [3.8, 4) is 11.8 Å². The molecule has 0 aromatic heterocycles. The number of nitrogens with zero attached hydrogens (tertiary/aromatic N) is 1. The number of ether oxygens (including phenoxy) is 1. The van der Waals surface area contributed by atoms with Gasteiger partial charge in [-0.25, -0.2) is 0 Å². The molecule has 0 aliphatic heterocycles. The first-order valence-corrected chi connectivity index (χ1v) is 9.30. The Kier molecular flexibility index (Phi) is 7.68. The summed E-state index contributed by atoms with van der Waals surface area (Å²) in [4.78, 5) is 12.4. The number of nitrogens with one attached hydrogen (secondary N) is 2. The molecule has 2 aromatic carbocycles. The predicted molar refractivity (Wildman–Crippen MR) is 106 cm³/mol. The van der Waals surface area contributed by atoms with Gasteiger partial charge in [0.05, 0.1) is 18.7 Å². The predicted octanol–water partition coefficient (Wildman–Crippen LogP) is 4.02. The number of rotatable bonds is 9. The Balaban J connectivity index is 2.16. The Morgan fingerprint density at radius 3 is 2.21 bits per heavy atom. The molecule has 2 aromatic rings. The molecule has 0 bridgehead atoms. The van der Waals surface area contributed by atoms with Crippen LogP contribution in [0.2, 0.25) is 0 Å². The van der Waals surface area contributed by atoms with E-state index in [9.17, 15) is 18.8 Å². The SMILES string of the molecule is CC(C)[C@@](C)(C#N)NC(=O)CN[C@H](c1ccccc1)c1ccc(OC(F)F)cc1. The van der Waals surface area contributed by atoms with Gasteiger partial charge in [-0.2, -0.15) is 14.0 Å². The second-order valence-electron chi connectivity index (χ2n) is 7.19. The van der Waals surface area contributed by atoms with Crippen LogP contribution in [0.25, 0.3) is 0 Å². The minimum Gasteiger partial charge on any atom is -0.435 e. The van der Waals surface area contributed by atoms with Crippen molar-refractivity contribution in [2.75, 3.05) is 6.54 Å². The maximum absolute atomic E-state index is 12.4. The van der Waals surface area contributed by atoms with E-state index in [2.05, 4.69) is 21.4 Å². The molecule has 0 aliphatic carbocycles. The lowest BCUT2D eigenvalue weighted by Gasteiger charge is -2.28. The lowest BCUT2D eigenvalue weighted by Crippen LogP contribution is -2.51. The third-order valence-electron chi connectivity index (χ3n) is 4.82. The Labute approximate surface area is 169 Å². The van der Waals surface area contributed by atoms with E-state index < -0.39 is 12.2 Å². The number of hydrogen-bond donors (Lipinski definition) is 2. The molecular weight excluding hydrogens is 376 g/mol. The van der Waals surface area contributed by atoms with E-state index in [1.54, 1.807) is 19.1 Å². The number of amides is 1. The van der Waals surface area contributed by atoms with E-state index in [-0.39, 0.29) is 30.2 Å². The van der Waals surface area contributed by atoms with Crippen molar-refractivity contribution in [3.63, 3.8) is 0 Å². The van der Waals surface area contributed by atoms with Crippen LogP contribution >= 0.6 is 0 Å². The van der Waals surface area contributed by atoms with Crippen molar-refractivity contribution in [2.45, 2.75) is 39.0 Å². The average molecular weight is 401 g/mol. The van der Waals surface area contributed by atoms with Gasteiger partial charge in [0.15, 0.2) is 0 Å². The summed E-state index contributed by atoms with van der Waals surface area (Å²) in [7, 11) is 0. The first kappa shape index (κ1) is 22.3. The number of carbonyl (C=O) groups excluding carboxylic acids is 1. The van der Waals surface area contributed by atoms with E-state index in [1.807, 2.05) is 44.2 Å². The van der Waals surface area contributed by atoms with Crippen LogP contribution in [0.3, 0.4) is 0 Å². The number of hydrogen-bond acceptors (Lipinski definition) is 4. The summed E-state index contributed by atoms with van der Waals surface area (Å²) in [6.45, 7) is 2.52. The molecule has 7 heteroatoms. The second kappa shape index (κ2) is 9.99. The topological polar surface area (TPSA) is 74.2 Å². The lowest BCUT2D eigenvalue weighted by molar-refractivity contribution is -0.121. The zero-order chi connectivity index (χ0) is 21.4. The van der Waals surface area contributed by atoms with Crippen molar-refractivity contribution >= 4 is 5.91 Å². The van der Waals surface area contributed by atoms with Crippen LogP contribution in [0.1, 0.15) is 37.9 Å². The summed E-state index contributed by atoms with van der Waals surface area (Å²) < 4.78 is 29.1. The molecule has 0 spiro atoms. The van der Waals surface area contributed by atoms with Crippen LogP contribution in [0, 0.1) is 17.2 Å². The maximum atomic E-state index is 12.4. The van der Waals surface area contributed by atoms with Gasteiger partial charge < -0.3 is 10.1 Å². The molecule has 0 heterocycles. The van der Waals surface area contributed by atoms with Crippen LogP contribution in [0.15, 0.2) is 54.6 Å². The van der Waals surface area contributed by atoms with Crippen molar-refractivity contribution in [1.82, 2.24) is 10.6 Å². The van der Waals surface area contributed by atoms with E-state index >= 15 is 0 Å². The van der Waals surface area contributed by atoms with E-state index in [4.69, 9.17) is 0 Å². The number of nitriles is 1. The Hall–Kier alpha value is -2.98. The van der Waals surface area contributed by atoms with Crippen LogP contribution < -0.4 is 15.4 Å². The standard InChI is InChI=1S/C22H25F2N3O2/c1-15(2)22(3,14-25)27-19(28)13-26-20(16-7-5-4-6-8-16)17-9-11-18(12-10-17)29-21(23)24/h4-12,15,20-21,26H,13H2,1-3H3,(H,27,28)/t20-,22-/m1/s1. The van der Waals surface area contributed by atoms with Gasteiger partial charge in [0.25, 0.3) is 0 Å². The molecule has 0 fully saturated rings. The first-order valence-electron chi connectivity index (χ1n) is 9.30. The summed E-state index contributed by atoms with van der Waals surface area (Å²) in [5, 5.41) is 15.3. The number of halogens is 2. The molecule has 0 unspecified atom stereocenters. The molecular formula is C22H25F2N3O2. The maximum Gasteiger partial charge on any atom is 0.387 e. The third-order valence-corrected chi connectivity index (χ3v) is 4.82. The van der Waals surface area contributed by atoms with Crippen molar-refractivity contribution < 1.29 is 18.3 Å². The number of carbonyl (C=O) groups is 1. The Bertz CT molecular complexity index is 835. The third kappa shape index (κ3) is 6.26. The smallest absolute Gasteiger partial charge is 0.387 e. The molecule has 2 atom stereocenters. The molecule has 0 saturated carbocycles. The minimum absolute atomic E-state index is 0.0150. The fraction of sp³-hybridized carbons (Fsp3) is 0.364. The van der Waals surface area contributed by atoms with Gasteiger partial charge in [0.2, 0.25) is 5.91 Å². The molecule has 29 heavy (non-hydrogen) atoms. The highest BCUT2D eigenvalue weighted by Crippen LogP contribution is 2.25. The van der Waals surface area contributed by atoms with Gasteiger partial charge in [-0.3, -0.25) is 10.1 Å². The van der Waals surface area contributed by atoms with Gasteiger partial charge in [0.1, 0.15) is 11.3 Å². The van der Waals surface area contributed by atoms with Gasteiger partial charge >= 0.3 is 6.61 Å². The molecule has 2 rings (SSSR count). The minimum atomic E-state index is -2.89. The molecule has 1 amide bonds. The highest BCUT2D eigenvalue weighted by molar-refractivity contribution is 5.79. The summed E-state index contributed by atoms with van der Waals surface area (Å²) in [6, 6.07) is 17.5. The summed E-state index contributed by atoms with van der Waals surface area (Å²) in [5.74, 6) is -0.292. The van der Waals surface area contributed by atoms with Gasteiger partial charge in [-0.05, 0) is 36.1 Å². The Morgan fingerprint density at radius 1 is 1.10 bits per heavy atom. The van der Waals surface area contributed by atoms with Crippen LogP contribution in [-0.4, -0.2) is 24.6 Å². The van der Waals surface area contributed by atoms with Gasteiger partial charge in [0, 0.05) is 0 Å². The van der Waals surface area contributed by atoms with Crippen molar-refractivity contribution in [1.29, 1.82) is 5.26 Å². The highest BCUT2D eigenvalue weighted by Gasteiger charge is 2.30. The molecule has 0 aliphatic rings. The number of alkyl halides is 2. The molecule has 2 N–H and O–H groups in total. The molecule has 154 valence electrons. The van der Waals surface area contributed by atoms with Crippen LogP contribution in [0.4, 0.5) is 8.78 Å². The zero-order valence-electron chi connectivity index (χ0n) is 16.7. The number of benzene rings is 2. The van der Waals surface area contributed by atoms with Crippen LogP contribution in [-0.2, 0) is 4.79 Å². The Morgan fingerprint density at radius 2 is 1.69 bits per heavy atom. The van der Waals surface area contributed by atoms with Crippen LogP contribution in [0.5, 0.6) is 5.75 Å². The first-order chi connectivity index (χ1) is 13.7. The summed E-state index contributed by atoms with van der Waals surface area (Å²) in [5.41, 5.74) is 0.738. The van der Waals surface area contributed by atoms with E-state index in [0.717, 1.165) is 11.1 Å². The fourth-order valence-electron chi connectivity index (χ4n) is 2.75. The molecule has 0 radical (unpaired) electrons. The fourth-order valence-corrected chi connectivity index (χ4v) is 2.75. The molecule has 5 nitrogen and oxygen atoms in total. The quantitative estimate of drug-likeness (QED) is 0.666. The average Bonchev–Trinajstić information content (AvgIpc) is 2.69. The largest absolute Gasteiger partial charge is 0.435 e. The van der Waals surface area contributed by atoms with Crippen molar-refractivity contribution in [2.24, 2.45) is 5.92 Å². The van der Waals surface area contributed by atoms with E-state index in [1.165, 1.54) is 12.1 Å². The van der Waals surface area contributed by atoms with E-state index in [0.29, 0.717) is 0 Å². The highest BCUT2D eigenvalue weighted by atomic mass is 19.3. The lowest BCUT2D eigenvalue weighted by atomic mass is 9.90. The van der Waals surface area contributed by atoms with Gasteiger partial charge in [-0.15, -0.1) is 0 Å². The zero-order valence-corrected chi connectivity index (χ0v) is 16.7.